The molecule has 1 atom stereocenters. The Balaban J connectivity index is 2.39. The molecule has 0 saturated heterocycles. The van der Waals surface area contributed by atoms with Gasteiger partial charge < -0.3 is 5.73 Å². The van der Waals surface area contributed by atoms with E-state index in [-0.39, 0.29) is 6.04 Å². The number of aromatic nitrogens is 1. The molecule has 2 rings (SSSR count). The minimum atomic E-state index is -0.132. The largest absolute Gasteiger partial charge is 0.320 e. The topological polar surface area (TPSA) is 38.9 Å². The number of aryl methyl sites for hydroxylation is 1. The second kappa shape index (κ2) is 5.46. The van der Waals surface area contributed by atoms with Gasteiger partial charge >= 0.3 is 0 Å². The number of halogens is 2. The zero-order valence-corrected chi connectivity index (χ0v) is 13.1. The van der Waals surface area contributed by atoms with Crippen LogP contribution in [0.5, 0.6) is 0 Å². The Bertz CT molecular complexity index is 525. The summed E-state index contributed by atoms with van der Waals surface area (Å²) >= 11 is 5.78. The zero-order valence-electron chi connectivity index (χ0n) is 9.32. The molecular formula is C13H12BrIN2. The highest BCUT2D eigenvalue weighted by Crippen LogP contribution is 2.26. The van der Waals surface area contributed by atoms with Crippen molar-refractivity contribution in [3.8, 4) is 0 Å². The standard InChI is InChI=1S/C13H12BrIN2/c1-8-2-3-9(7-17-8)13(16)11-6-10(14)4-5-12(11)15/h2-7,13H,16H2,1H3. The van der Waals surface area contributed by atoms with Crippen molar-refractivity contribution in [1.82, 2.24) is 4.98 Å². The number of hydrogen-bond donors (Lipinski definition) is 1. The van der Waals surface area contributed by atoms with Crippen LogP contribution in [0, 0.1) is 10.5 Å². The molecule has 2 nitrogen and oxygen atoms in total. The van der Waals surface area contributed by atoms with Crippen molar-refractivity contribution >= 4 is 38.5 Å². The fourth-order valence-corrected chi connectivity index (χ4v) is 2.65. The van der Waals surface area contributed by atoms with Gasteiger partial charge in [0, 0.05) is 19.9 Å². The Hall–Kier alpha value is -0.460. The summed E-state index contributed by atoms with van der Waals surface area (Å²) in [5.74, 6) is 0. The van der Waals surface area contributed by atoms with Gasteiger partial charge in [-0.3, -0.25) is 4.98 Å². The molecule has 0 aliphatic heterocycles. The molecule has 0 radical (unpaired) electrons. The van der Waals surface area contributed by atoms with E-state index in [1.807, 2.05) is 31.3 Å². The number of benzene rings is 1. The Kier molecular flexibility index (Phi) is 4.17. The van der Waals surface area contributed by atoms with Crippen LogP contribution in [0.25, 0.3) is 0 Å². The van der Waals surface area contributed by atoms with Crippen molar-refractivity contribution in [2.45, 2.75) is 13.0 Å². The number of nitrogens with zero attached hydrogens (tertiary/aromatic N) is 1. The van der Waals surface area contributed by atoms with Gasteiger partial charge in [0.1, 0.15) is 0 Å². The molecule has 2 N–H and O–H groups in total. The van der Waals surface area contributed by atoms with Gasteiger partial charge in [-0.1, -0.05) is 22.0 Å². The van der Waals surface area contributed by atoms with E-state index in [9.17, 15) is 0 Å². The highest BCUT2D eigenvalue weighted by molar-refractivity contribution is 14.1. The van der Waals surface area contributed by atoms with E-state index < -0.39 is 0 Å². The second-order valence-corrected chi connectivity index (χ2v) is 5.95. The Morgan fingerprint density at radius 3 is 2.71 bits per heavy atom. The van der Waals surface area contributed by atoms with E-state index in [2.05, 4.69) is 55.6 Å². The van der Waals surface area contributed by atoms with Gasteiger partial charge in [0.25, 0.3) is 0 Å². The predicted molar refractivity (Wildman–Crippen MR) is 81.9 cm³/mol. The van der Waals surface area contributed by atoms with E-state index in [1.54, 1.807) is 0 Å². The smallest absolute Gasteiger partial charge is 0.0577 e. The minimum Gasteiger partial charge on any atom is -0.320 e. The molecule has 0 aliphatic carbocycles. The van der Waals surface area contributed by atoms with E-state index in [4.69, 9.17) is 5.73 Å². The number of pyridine rings is 1. The van der Waals surface area contributed by atoms with Crippen LogP contribution in [0.2, 0.25) is 0 Å². The first-order chi connectivity index (χ1) is 8.08. The Labute approximate surface area is 123 Å². The maximum absolute atomic E-state index is 6.27. The summed E-state index contributed by atoms with van der Waals surface area (Å²) in [5.41, 5.74) is 9.43. The van der Waals surface area contributed by atoms with E-state index in [0.717, 1.165) is 21.3 Å². The van der Waals surface area contributed by atoms with Crippen molar-refractivity contribution in [2.24, 2.45) is 5.73 Å². The maximum atomic E-state index is 6.27. The molecule has 0 saturated carbocycles. The van der Waals surface area contributed by atoms with Crippen LogP contribution in [0.1, 0.15) is 22.9 Å². The molecule has 0 spiro atoms. The maximum Gasteiger partial charge on any atom is 0.0577 e. The fraction of sp³-hybridized carbons (Fsp3) is 0.154. The lowest BCUT2D eigenvalue weighted by Gasteiger charge is -2.14. The van der Waals surface area contributed by atoms with Gasteiger partial charge in [-0.05, 0) is 64.9 Å². The lowest BCUT2D eigenvalue weighted by Crippen LogP contribution is -2.13. The highest BCUT2D eigenvalue weighted by Gasteiger charge is 2.12. The van der Waals surface area contributed by atoms with Gasteiger partial charge in [0.05, 0.1) is 6.04 Å². The summed E-state index contributed by atoms with van der Waals surface area (Å²) in [5, 5.41) is 0. The molecule has 4 heteroatoms. The van der Waals surface area contributed by atoms with Crippen LogP contribution in [0.4, 0.5) is 0 Å². The summed E-state index contributed by atoms with van der Waals surface area (Å²) in [7, 11) is 0. The molecule has 1 unspecified atom stereocenters. The molecule has 1 heterocycles. The van der Waals surface area contributed by atoms with E-state index in [0.29, 0.717) is 0 Å². The van der Waals surface area contributed by atoms with Gasteiger partial charge in [0.2, 0.25) is 0 Å². The lowest BCUT2D eigenvalue weighted by molar-refractivity contribution is 0.853. The van der Waals surface area contributed by atoms with Crippen molar-refractivity contribution in [3.05, 3.63) is 61.4 Å². The fourth-order valence-electron chi connectivity index (χ4n) is 1.60. The van der Waals surface area contributed by atoms with E-state index in [1.165, 1.54) is 3.57 Å². The molecule has 0 amide bonds. The summed E-state index contributed by atoms with van der Waals surface area (Å²) < 4.78 is 2.21. The van der Waals surface area contributed by atoms with Crippen LogP contribution in [0.15, 0.2) is 41.0 Å². The molecule has 1 aromatic heterocycles. The third kappa shape index (κ3) is 3.05. The first-order valence-corrected chi connectivity index (χ1v) is 7.08. The van der Waals surface area contributed by atoms with Crippen LogP contribution in [0.3, 0.4) is 0 Å². The van der Waals surface area contributed by atoms with Crippen molar-refractivity contribution in [3.63, 3.8) is 0 Å². The van der Waals surface area contributed by atoms with Gasteiger partial charge in [-0.2, -0.15) is 0 Å². The summed E-state index contributed by atoms with van der Waals surface area (Å²) in [6, 6.07) is 10.0. The van der Waals surface area contributed by atoms with Crippen molar-refractivity contribution < 1.29 is 0 Å². The molecule has 2 aromatic rings. The molecule has 88 valence electrons. The SMILES string of the molecule is Cc1ccc(C(N)c2cc(Br)ccc2I)cn1. The quantitative estimate of drug-likeness (QED) is 0.776. The first-order valence-electron chi connectivity index (χ1n) is 5.21. The number of hydrogen-bond acceptors (Lipinski definition) is 2. The average Bonchev–Trinajstić information content (AvgIpc) is 2.32. The van der Waals surface area contributed by atoms with E-state index >= 15 is 0 Å². The normalized spacial score (nSPS) is 12.5. The monoisotopic (exact) mass is 402 g/mol. The zero-order chi connectivity index (χ0) is 12.4. The third-order valence-electron chi connectivity index (χ3n) is 2.59. The first kappa shape index (κ1) is 13.0. The minimum absolute atomic E-state index is 0.132. The van der Waals surface area contributed by atoms with Crippen molar-refractivity contribution in [2.75, 3.05) is 0 Å². The lowest BCUT2D eigenvalue weighted by atomic mass is 10.0. The highest BCUT2D eigenvalue weighted by atomic mass is 127. The average molecular weight is 403 g/mol. The Morgan fingerprint density at radius 1 is 1.29 bits per heavy atom. The van der Waals surface area contributed by atoms with Gasteiger partial charge in [-0.15, -0.1) is 0 Å². The molecule has 0 fully saturated rings. The van der Waals surface area contributed by atoms with Gasteiger partial charge in [0.15, 0.2) is 0 Å². The molecule has 0 bridgehead atoms. The third-order valence-corrected chi connectivity index (χ3v) is 4.06. The van der Waals surface area contributed by atoms with Crippen LogP contribution < -0.4 is 5.73 Å². The summed E-state index contributed by atoms with van der Waals surface area (Å²) in [4.78, 5) is 4.28. The second-order valence-electron chi connectivity index (χ2n) is 3.88. The number of rotatable bonds is 2. The number of nitrogens with two attached hydrogens (primary N) is 1. The summed E-state index contributed by atoms with van der Waals surface area (Å²) in [6.07, 6.45) is 1.84. The predicted octanol–water partition coefficient (Wildman–Crippen LogP) is 3.81. The molecule has 0 aliphatic rings. The molecular weight excluding hydrogens is 391 g/mol. The van der Waals surface area contributed by atoms with Crippen LogP contribution in [-0.2, 0) is 0 Å². The van der Waals surface area contributed by atoms with Gasteiger partial charge in [-0.25, -0.2) is 0 Å². The van der Waals surface area contributed by atoms with Crippen LogP contribution in [-0.4, -0.2) is 4.98 Å². The summed E-state index contributed by atoms with van der Waals surface area (Å²) in [6.45, 7) is 1.97. The van der Waals surface area contributed by atoms with Crippen molar-refractivity contribution in [1.29, 1.82) is 0 Å². The molecule has 1 aromatic carbocycles. The molecule has 17 heavy (non-hydrogen) atoms. The van der Waals surface area contributed by atoms with Crippen LogP contribution >= 0.6 is 38.5 Å². The Morgan fingerprint density at radius 2 is 2.06 bits per heavy atom.